The molecule has 21 heavy (non-hydrogen) atoms. The van der Waals surface area contributed by atoms with Gasteiger partial charge in [0.1, 0.15) is 0 Å². The summed E-state index contributed by atoms with van der Waals surface area (Å²) in [6.07, 6.45) is -2.46. The van der Waals surface area contributed by atoms with Crippen LogP contribution in [0.15, 0.2) is 29.4 Å². The molecular formula is C15H17F3N2O. The molecule has 2 fully saturated rings. The molecule has 2 aliphatic rings. The smallest absolute Gasteiger partial charge is 0.411 e. The van der Waals surface area contributed by atoms with Crippen LogP contribution in [0.1, 0.15) is 24.0 Å². The standard InChI is InChI=1S/C15H17F3N2O/c16-15(17,18)12-3-1-2-10(6-12)7-20-8-11-4-5-14(19-21)13(11)9-20/h1-3,6,11,13,21H,4-5,7-9H2/b19-14-. The molecule has 0 spiro atoms. The Labute approximate surface area is 121 Å². The van der Waals surface area contributed by atoms with Gasteiger partial charge in [0.25, 0.3) is 0 Å². The molecule has 0 radical (unpaired) electrons. The molecule has 0 amide bonds. The Morgan fingerprint density at radius 1 is 1.29 bits per heavy atom. The number of alkyl halides is 3. The topological polar surface area (TPSA) is 35.8 Å². The molecule has 1 heterocycles. The average Bonchev–Trinajstić information content (AvgIpc) is 2.97. The second-order valence-corrected chi connectivity index (χ2v) is 5.89. The maximum atomic E-state index is 12.7. The van der Waals surface area contributed by atoms with Crippen LogP contribution in [0.5, 0.6) is 0 Å². The van der Waals surface area contributed by atoms with Gasteiger partial charge in [-0.2, -0.15) is 13.2 Å². The summed E-state index contributed by atoms with van der Waals surface area (Å²) >= 11 is 0. The first-order valence-electron chi connectivity index (χ1n) is 7.06. The van der Waals surface area contributed by atoms with Gasteiger partial charge in [0.05, 0.1) is 11.3 Å². The van der Waals surface area contributed by atoms with E-state index in [9.17, 15) is 13.2 Å². The number of hydrogen-bond acceptors (Lipinski definition) is 3. The first kappa shape index (κ1) is 14.4. The van der Waals surface area contributed by atoms with Crippen LogP contribution in [0.25, 0.3) is 0 Å². The lowest BCUT2D eigenvalue weighted by Gasteiger charge is -2.17. The van der Waals surface area contributed by atoms with Gasteiger partial charge in [0.2, 0.25) is 0 Å². The van der Waals surface area contributed by atoms with Crippen molar-refractivity contribution in [3.05, 3.63) is 35.4 Å². The van der Waals surface area contributed by atoms with Gasteiger partial charge in [0, 0.05) is 25.6 Å². The van der Waals surface area contributed by atoms with E-state index in [1.54, 1.807) is 6.07 Å². The Hall–Kier alpha value is -1.56. The lowest BCUT2D eigenvalue weighted by molar-refractivity contribution is -0.137. The molecule has 3 rings (SSSR count). The second kappa shape index (κ2) is 5.33. The Morgan fingerprint density at radius 3 is 2.81 bits per heavy atom. The summed E-state index contributed by atoms with van der Waals surface area (Å²) < 4.78 is 38.1. The summed E-state index contributed by atoms with van der Waals surface area (Å²) in [4.78, 5) is 2.15. The van der Waals surface area contributed by atoms with Gasteiger partial charge >= 0.3 is 6.18 Å². The van der Waals surface area contributed by atoms with Crippen LogP contribution < -0.4 is 0 Å². The van der Waals surface area contributed by atoms with Crippen LogP contribution in [0.3, 0.4) is 0 Å². The normalized spacial score (nSPS) is 28.2. The zero-order valence-electron chi connectivity index (χ0n) is 11.5. The van der Waals surface area contributed by atoms with Gasteiger partial charge in [-0.05, 0) is 30.4 Å². The minimum Gasteiger partial charge on any atom is -0.411 e. The van der Waals surface area contributed by atoms with E-state index in [0.29, 0.717) is 18.0 Å². The summed E-state index contributed by atoms with van der Waals surface area (Å²) in [5.41, 5.74) is 0.913. The van der Waals surface area contributed by atoms with Crippen molar-refractivity contribution in [1.82, 2.24) is 4.90 Å². The van der Waals surface area contributed by atoms with Crippen molar-refractivity contribution in [1.29, 1.82) is 0 Å². The van der Waals surface area contributed by atoms with Gasteiger partial charge in [-0.15, -0.1) is 0 Å². The highest BCUT2D eigenvalue weighted by atomic mass is 19.4. The van der Waals surface area contributed by atoms with Crippen LogP contribution in [0.2, 0.25) is 0 Å². The SMILES string of the molecule is O/N=C1/CCC2CN(Cc3cccc(C(F)(F)F)c3)CC12. The molecule has 6 heteroatoms. The third kappa shape index (κ3) is 2.90. The van der Waals surface area contributed by atoms with Crippen molar-refractivity contribution in [2.45, 2.75) is 25.6 Å². The highest BCUT2D eigenvalue weighted by Crippen LogP contribution is 2.37. The van der Waals surface area contributed by atoms with Crippen molar-refractivity contribution < 1.29 is 18.4 Å². The molecule has 3 nitrogen and oxygen atoms in total. The van der Waals surface area contributed by atoms with Crippen molar-refractivity contribution >= 4 is 5.71 Å². The fraction of sp³-hybridized carbons (Fsp3) is 0.533. The molecule has 2 atom stereocenters. The molecule has 1 aliphatic heterocycles. The monoisotopic (exact) mass is 298 g/mol. The van der Waals surface area contributed by atoms with E-state index in [-0.39, 0.29) is 5.92 Å². The minimum absolute atomic E-state index is 0.265. The van der Waals surface area contributed by atoms with Crippen molar-refractivity contribution in [2.75, 3.05) is 13.1 Å². The fourth-order valence-electron chi connectivity index (χ4n) is 3.51. The molecule has 1 aromatic carbocycles. The number of hydrogen-bond donors (Lipinski definition) is 1. The zero-order chi connectivity index (χ0) is 15.0. The van der Waals surface area contributed by atoms with Crippen LogP contribution >= 0.6 is 0 Å². The molecule has 1 aliphatic carbocycles. The molecular weight excluding hydrogens is 281 g/mol. The van der Waals surface area contributed by atoms with Crippen LogP contribution in [0.4, 0.5) is 13.2 Å². The Kier molecular flexibility index (Phi) is 3.65. The first-order valence-corrected chi connectivity index (χ1v) is 7.06. The molecule has 1 saturated heterocycles. The number of benzene rings is 1. The highest BCUT2D eigenvalue weighted by Gasteiger charge is 2.40. The lowest BCUT2D eigenvalue weighted by atomic mass is 10.00. The van der Waals surface area contributed by atoms with Crippen LogP contribution in [-0.4, -0.2) is 28.9 Å². The third-order valence-corrected chi connectivity index (χ3v) is 4.50. The Morgan fingerprint density at radius 2 is 2.10 bits per heavy atom. The Balaban J connectivity index is 1.69. The molecule has 0 aromatic heterocycles. The van der Waals surface area contributed by atoms with E-state index in [1.807, 2.05) is 0 Å². The van der Waals surface area contributed by atoms with Gasteiger partial charge in [0.15, 0.2) is 0 Å². The van der Waals surface area contributed by atoms with Crippen LogP contribution in [-0.2, 0) is 12.7 Å². The number of oxime groups is 1. The molecule has 2 unspecified atom stereocenters. The largest absolute Gasteiger partial charge is 0.416 e. The summed E-state index contributed by atoms with van der Waals surface area (Å²) in [7, 11) is 0. The molecule has 0 bridgehead atoms. The van der Waals surface area contributed by atoms with E-state index in [4.69, 9.17) is 5.21 Å². The number of fused-ring (bicyclic) bond motifs is 1. The molecule has 1 N–H and O–H groups in total. The number of nitrogens with zero attached hydrogens (tertiary/aromatic N) is 2. The highest BCUT2D eigenvalue weighted by molar-refractivity contribution is 5.89. The predicted octanol–water partition coefficient (Wildman–Crippen LogP) is 3.38. The number of halogens is 3. The minimum atomic E-state index is -4.30. The second-order valence-electron chi connectivity index (χ2n) is 5.89. The molecule has 114 valence electrons. The summed E-state index contributed by atoms with van der Waals surface area (Å²) in [5.74, 6) is 0.738. The van der Waals surface area contributed by atoms with Gasteiger partial charge in [-0.1, -0.05) is 23.4 Å². The van der Waals surface area contributed by atoms with E-state index in [0.717, 1.165) is 37.7 Å². The van der Waals surface area contributed by atoms with Crippen molar-refractivity contribution in [2.24, 2.45) is 17.0 Å². The summed E-state index contributed by atoms with van der Waals surface area (Å²) in [5, 5.41) is 12.3. The third-order valence-electron chi connectivity index (χ3n) is 4.50. The quantitative estimate of drug-likeness (QED) is 0.671. The molecule has 1 aromatic rings. The average molecular weight is 298 g/mol. The van der Waals surface area contributed by atoms with Gasteiger partial charge in [-0.3, -0.25) is 4.90 Å². The van der Waals surface area contributed by atoms with Crippen LogP contribution in [0, 0.1) is 11.8 Å². The zero-order valence-corrected chi connectivity index (χ0v) is 11.5. The van der Waals surface area contributed by atoms with Crippen molar-refractivity contribution in [3.63, 3.8) is 0 Å². The lowest BCUT2D eigenvalue weighted by Crippen LogP contribution is -2.23. The summed E-state index contributed by atoms with van der Waals surface area (Å²) in [6.45, 7) is 2.13. The predicted molar refractivity (Wildman–Crippen MR) is 72.2 cm³/mol. The van der Waals surface area contributed by atoms with Gasteiger partial charge in [-0.25, -0.2) is 0 Å². The first-order chi connectivity index (χ1) is 9.97. The van der Waals surface area contributed by atoms with E-state index < -0.39 is 11.7 Å². The number of rotatable bonds is 2. The fourth-order valence-corrected chi connectivity index (χ4v) is 3.51. The number of likely N-dealkylation sites (tertiary alicyclic amines) is 1. The van der Waals surface area contributed by atoms with E-state index in [2.05, 4.69) is 10.1 Å². The van der Waals surface area contributed by atoms with Gasteiger partial charge < -0.3 is 5.21 Å². The van der Waals surface area contributed by atoms with E-state index in [1.165, 1.54) is 12.1 Å². The summed E-state index contributed by atoms with van der Waals surface area (Å²) in [6, 6.07) is 5.49. The van der Waals surface area contributed by atoms with E-state index >= 15 is 0 Å². The maximum absolute atomic E-state index is 12.7. The maximum Gasteiger partial charge on any atom is 0.416 e. The molecule has 1 saturated carbocycles. The Bertz CT molecular complexity index is 556. The van der Waals surface area contributed by atoms with Crippen molar-refractivity contribution in [3.8, 4) is 0 Å².